The Bertz CT molecular complexity index is 2770. The van der Waals surface area contributed by atoms with E-state index in [0.29, 0.717) is 93.5 Å². The van der Waals surface area contributed by atoms with Crippen molar-refractivity contribution in [2.75, 3.05) is 37.9 Å². The zero-order valence-corrected chi connectivity index (χ0v) is 35.8. The third-order valence-electron chi connectivity index (χ3n) is 11.5. The molecule has 0 bridgehead atoms. The highest BCUT2D eigenvalue weighted by Gasteiger charge is 2.29. The van der Waals surface area contributed by atoms with Crippen LogP contribution in [0, 0.1) is 0 Å². The highest BCUT2D eigenvalue weighted by atomic mass is 35.5. The Morgan fingerprint density at radius 1 is 0.937 bits per heavy atom. The summed E-state index contributed by atoms with van der Waals surface area (Å²) in [5, 5.41) is 16.2. The maximum absolute atomic E-state index is 13.5. The number of aromatic nitrogens is 6. The van der Waals surface area contributed by atoms with Crippen molar-refractivity contribution in [3.8, 4) is 39.8 Å². The standard InChI is InChI=1S/C47H48ClN9O6/c1-55(39-22-21-33(46(53-39)62-2)34-24-35-36(47(60)61)26-50-38(35)25-37(34)48)40(58)15-9-4-3-5-10-16-41(59)56-23-11-12-30(27-56)57-45-42(44(49)51-28-52-45)43(54-57)29-17-19-32(20-18-29)63-31-13-7-6-8-14-31/h6-8,13-14,17-22,24-26,28,30,50H,3-5,9-12,15-16,23,27H2,1-2H3,(H,60,61)(H2,49,51,52)/t30-/m1/s1. The molecule has 16 heteroatoms. The molecule has 3 aromatic carbocycles. The van der Waals surface area contributed by atoms with Crippen LogP contribution in [-0.2, 0) is 9.59 Å². The number of hydrogen-bond donors (Lipinski definition) is 3. The van der Waals surface area contributed by atoms with E-state index < -0.39 is 5.97 Å². The van der Waals surface area contributed by atoms with Crippen LogP contribution in [0.4, 0.5) is 11.6 Å². The number of carbonyl (C=O) groups is 3. The van der Waals surface area contributed by atoms with Gasteiger partial charge >= 0.3 is 5.97 Å². The van der Waals surface area contributed by atoms with Crippen molar-refractivity contribution in [2.45, 2.75) is 63.8 Å². The van der Waals surface area contributed by atoms with Crippen molar-refractivity contribution in [3.63, 3.8) is 0 Å². The van der Waals surface area contributed by atoms with Crippen LogP contribution in [0.1, 0.15) is 74.2 Å². The van der Waals surface area contributed by atoms with Crippen LogP contribution in [-0.4, -0.2) is 84.8 Å². The highest BCUT2D eigenvalue weighted by Crippen LogP contribution is 2.39. The highest BCUT2D eigenvalue weighted by molar-refractivity contribution is 6.34. The van der Waals surface area contributed by atoms with Gasteiger partial charge in [0.15, 0.2) is 5.65 Å². The first-order valence-electron chi connectivity index (χ1n) is 21.0. The molecule has 0 unspecified atom stereocenters. The number of unbranched alkanes of at least 4 members (excludes halogenated alkanes) is 4. The van der Waals surface area contributed by atoms with E-state index >= 15 is 0 Å². The van der Waals surface area contributed by atoms with E-state index in [1.54, 1.807) is 31.3 Å². The van der Waals surface area contributed by atoms with E-state index in [-0.39, 0.29) is 29.3 Å². The van der Waals surface area contributed by atoms with E-state index in [1.807, 2.05) is 64.2 Å². The molecule has 0 spiro atoms. The number of carboxylic acids is 1. The van der Waals surface area contributed by atoms with Crippen LogP contribution in [0.25, 0.3) is 44.3 Å². The minimum atomic E-state index is -1.05. The number of fused-ring (bicyclic) bond motifs is 2. The largest absolute Gasteiger partial charge is 0.480 e. The lowest BCUT2D eigenvalue weighted by molar-refractivity contribution is -0.133. The normalized spacial score (nSPS) is 14.0. The van der Waals surface area contributed by atoms with Gasteiger partial charge in [-0.05, 0) is 86.3 Å². The molecule has 7 aromatic rings. The summed E-state index contributed by atoms with van der Waals surface area (Å²) in [6.07, 6.45) is 9.52. The fourth-order valence-electron chi connectivity index (χ4n) is 8.18. The zero-order chi connectivity index (χ0) is 44.0. The number of halogens is 1. The fraction of sp³-hybridized carbons (Fsp3) is 0.298. The molecule has 63 heavy (non-hydrogen) atoms. The molecule has 1 fully saturated rings. The van der Waals surface area contributed by atoms with Gasteiger partial charge in [-0.2, -0.15) is 10.1 Å². The number of carboxylic acid groups (broad SMARTS) is 1. The summed E-state index contributed by atoms with van der Waals surface area (Å²) in [5.74, 6) is 1.47. The lowest BCUT2D eigenvalue weighted by atomic mass is 10.0. The molecule has 8 rings (SSSR count). The molecule has 324 valence electrons. The van der Waals surface area contributed by atoms with Gasteiger partial charge in [-0.3, -0.25) is 14.5 Å². The number of aromatic carboxylic acids is 1. The molecule has 0 saturated carbocycles. The molecule has 1 aliphatic rings. The Kier molecular flexibility index (Phi) is 12.8. The summed E-state index contributed by atoms with van der Waals surface area (Å²) in [6.45, 7) is 1.23. The number of nitrogens with zero attached hydrogens (tertiary/aromatic N) is 7. The zero-order valence-electron chi connectivity index (χ0n) is 35.1. The van der Waals surface area contributed by atoms with Crippen molar-refractivity contribution in [1.82, 2.24) is 34.6 Å². The van der Waals surface area contributed by atoms with Gasteiger partial charge in [0, 0.05) is 66.8 Å². The Labute approximate surface area is 368 Å². The molecular formula is C47H48ClN9O6. The summed E-state index contributed by atoms with van der Waals surface area (Å²) < 4.78 is 13.5. The molecule has 1 saturated heterocycles. The summed E-state index contributed by atoms with van der Waals surface area (Å²) in [6, 6.07) is 24.1. The Morgan fingerprint density at radius 3 is 2.44 bits per heavy atom. The number of methoxy groups -OCH3 is 1. The molecule has 4 N–H and O–H groups in total. The maximum atomic E-state index is 13.5. The van der Waals surface area contributed by atoms with Gasteiger partial charge in [-0.15, -0.1) is 0 Å². The van der Waals surface area contributed by atoms with Crippen LogP contribution in [0.15, 0.2) is 91.4 Å². The van der Waals surface area contributed by atoms with Crippen LogP contribution in [0.2, 0.25) is 5.02 Å². The number of pyridine rings is 1. The molecule has 4 aromatic heterocycles. The number of hydrogen-bond acceptors (Lipinski definition) is 10. The lowest BCUT2D eigenvalue weighted by Crippen LogP contribution is -2.40. The number of benzene rings is 3. The van der Waals surface area contributed by atoms with E-state index in [4.69, 9.17) is 31.9 Å². The number of nitrogen functional groups attached to an aromatic ring is 1. The summed E-state index contributed by atoms with van der Waals surface area (Å²) in [7, 11) is 3.16. The number of carbonyl (C=O) groups excluding carboxylic acids is 2. The number of anilines is 2. The minimum Gasteiger partial charge on any atom is -0.480 e. The average molecular weight is 870 g/mol. The van der Waals surface area contributed by atoms with Crippen molar-refractivity contribution in [1.29, 1.82) is 0 Å². The molecular weight excluding hydrogens is 822 g/mol. The van der Waals surface area contributed by atoms with E-state index in [0.717, 1.165) is 49.8 Å². The molecule has 2 amide bonds. The van der Waals surface area contributed by atoms with Gasteiger partial charge in [0.2, 0.25) is 17.7 Å². The van der Waals surface area contributed by atoms with Crippen molar-refractivity contribution >= 4 is 63.0 Å². The number of ether oxygens (including phenoxy) is 2. The van der Waals surface area contributed by atoms with Gasteiger partial charge < -0.3 is 30.2 Å². The van der Waals surface area contributed by atoms with Crippen LogP contribution in [0.5, 0.6) is 17.4 Å². The number of nitrogens with one attached hydrogen (secondary N) is 1. The Balaban J connectivity index is 0.807. The minimum absolute atomic E-state index is 0.0637. The van der Waals surface area contributed by atoms with Crippen LogP contribution in [0.3, 0.4) is 0 Å². The summed E-state index contributed by atoms with van der Waals surface area (Å²) in [5.41, 5.74) is 10.5. The first kappa shape index (κ1) is 42.7. The molecule has 5 heterocycles. The molecule has 0 aliphatic carbocycles. The SMILES string of the molecule is COc1nc(N(C)C(=O)CCCCCCCC(=O)N2CCC[C@@H](n3nc(-c4ccc(Oc5ccccc5)cc4)c4c(N)ncnc43)C2)ccc1-c1cc2c(C(=O)O)c[nH]c2cc1Cl. The predicted octanol–water partition coefficient (Wildman–Crippen LogP) is 9.33. The number of piperidine rings is 1. The second-order valence-corrected chi connectivity index (χ2v) is 16.1. The maximum Gasteiger partial charge on any atom is 0.337 e. The van der Waals surface area contributed by atoms with Gasteiger partial charge in [-0.1, -0.05) is 49.1 Å². The first-order chi connectivity index (χ1) is 30.6. The Morgan fingerprint density at radius 2 is 1.68 bits per heavy atom. The third-order valence-corrected chi connectivity index (χ3v) is 11.9. The first-order valence-corrected chi connectivity index (χ1v) is 21.4. The molecule has 1 atom stereocenters. The average Bonchev–Trinajstić information content (AvgIpc) is 3.91. The van der Waals surface area contributed by atoms with Gasteiger partial charge in [-0.25, -0.2) is 19.4 Å². The second-order valence-electron chi connectivity index (χ2n) is 15.7. The van der Waals surface area contributed by atoms with Gasteiger partial charge in [0.1, 0.15) is 35.2 Å². The summed E-state index contributed by atoms with van der Waals surface area (Å²) in [4.78, 5) is 58.2. The predicted molar refractivity (Wildman–Crippen MR) is 242 cm³/mol. The summed E-state index contributed by atoms with van der Waals surface area (Å²) >= 11 is 6.60. The van der Waals surface area contributed by atoms with Crippen molar-refractivity contribution < 1.29 is 29.0 Å². The molecule has 15 nitrogen and oxygen atoms in total. The quantitative estimate of drug-likeness (QED) is 0.0783. The van der Waals surface area contributed by atoms with Gasteiger partial charge in [0.25, 0.3) is 0 Å². The number of para-hydroxylation sites is 1. The van der Waals surface area contributed by atoms with E-state index in [9.17, 15) is 19.5 Å². The number of likely N-dealkylation sites (tertiary alicyclic amines) is 1. The van der Waals surface area contributed by atoms with Gasteiger partial charge in [0.05, 0.1) is 29.1 Å². The number of nitrogens with two attached hydrogens (primary N) is 1. The molecule has 0 radical (unpaired) electrons. The smallest absolute Gasteiger partial charge is 0.337 e. The van der Waals surface area contributed by atoms with Crippen LogP contribution < -0.4 is 20.1 Å². The lowest BCUT2D eigenvalue weighted by Gasteiger charge is -2.33. The second kappa shape index (κ2) is 18.9. The number of aromatic amines is 1. The number of amides is 2. The van der Waals surface area contributed by atoms with E-state index in [2.05, 4.69) is 19.9 Å². The number of rotatable bonds is 16. The van der Waals surface area contributed by atoms with Crippen molar-refractivity contribution in [3.05, 3.63) is 102 Å². The Hall–Kier alpha value is -7.00. The van der Waals surface area contributed by atoms with Crippen LogP contribution >= 0.6 is 11.6 Å². The monoisotopic (exact) mass is 869 g/mol. The topological polar surface area (TPSA) is 195 Å². The van der Waals surface area contributed by atoms with E-state index in [1.165, 1.54) is 24.5 Å². The van der Waals surface area contributed by atoms with Crippen molar-refractivity contribution in [2.24, 2.45) is 0 Å². The molecule has 1 aliphatic heterocycles. The number of H-pyrrole nitrogens is 1. The fourth-order valence-corrected chi connectivity index (χ4v) is 8.44. The third kappa shape index (κ3) is 9.28.